The molecule has 1 aliphatic heterocycles. The van der Waals surface area contributed by atoms with Crippen LogP contribution in [0.4, 0.5) is 4.79 Å². The Hall–Kier alpha value is -1.62. The predicted octanol–water partition coefficient (Wildman–Crippen LogP) is 1.66. The highest BCUT2D eigenvalue weighted by Crippen LogP contribution is 2.21. The molecule has 0 aromatic heterocycles. The molecule has 82 valence electrons. The Morgan fingerprint density at radius 3 is 2.67 bits per heavy atom. The van der Waals surface area contributed by atoms with E-state index in [2.05, 4.69) is 18.3 Å². The summed E-state index contributed by atoms with van der Waals surface area (Å²) in [5, 5.41) is 0. The lowest BCUT2D eigenvalue weighted by Crippen LogP contribution is -2.50. The van der Waals surface area contributed by atoms with E-state index in [0.717, 1.165) is 0 Å². The summed E-state index contributed by atoms with van der Waals surface area (Å²) < 4.78 is 14.7. The zero-order valence-electron chi connectivity index (χ0n) is 8.56. The first kappa shape index (κ1) is 11.5. The van der Waals surface area contributed by atoms with Gasteiger partial charge in [-0.05, 0) is 13.6 Å². The summed E-state index contributed by atoms with van der Waals surface area (Å²) in [6, 6.07) is 0. The van der Waals surface area contributed by atoms with Gasteiger partial charge in [0.15, 0.2) is 5.60 Å². The van der Waals surface area contributed by atoms with Gasteiger partial charge in [0.05, 0.1) is 13.2 Å². The Bertz CT molecular complexity index is 305. The van der Waals surface area contributed by atoms with Gasteiger partial charge >= 0.3 is 6.16 Å². The standard InChI is InChI=1S/C10H13NO4/c1-4-5-8(11-3)14-9(12)15-10(2)6-13-7-10/h4-5H,1,3,6-7H2,2H3/b8-5+. The minimum Gasteiger partial charge on any atom is -0.423 e. The van der Waals surface area contributed by atoms with Crippen LogP contribution in [0.15, 0.2) is 29.6 Å². The van der Waals surface area contributed by atoms with E-state index >= 15 is 0 Å². The minimum absolute atomic E-state index is 0.0545. The molecule has 1 aliphatic rings. The molecule has 0 saturated carbocycles. The second kappa shape index (κ2) is 4.75. The highest BCUT2D eigenvalue weighted by Gasteiger charge is 2.38. The summed E-state index contributed by atoms with van der Waals surface area (Å²) in [5.41, 5.74) is -0.586. The number of aliphatic imine (C=N–C) groups is 1. The van der Waals surface area contributed by atoms with E-state index in [1.54, 1.807) is 6.92 Å². The summed E-state index contributed by atoms with van der Waals surface area (Å²) in [5.74, 6) is 0.0545. The first-order valence-electron chi connectivity index (χ1n) is 4.38. The lowest BCUT2D eigenvalue weighted by atomic mass is 10.1. The normalized spacial score (nSPS) is 18.6. The molecule has 0 aromatic carbocycles. The summed E-state index contributed by atoms with van der Waals surface area (Å²) in [6.45, 7) is 9.20. The number of rotatable bonds is 4. The topological polar surface area (TPSA) is 57.1 Å². The summed E-state index contributed by atoms with van der Waals surface area (Å²) in [6.07, 6.45) is 2.03. The average Bonchev–Trinajstić information content (AvgIpc) is 2.14. The number of hydrogen-bond acceptors (Lipinski definition) is 5. The minimum atomic E-state index is -0.818. The molecule has 0 atom stereocenters. The molecule has 0 amide bonds. The molecular weight excluding hydrogens is 198 g/mol. The third-order valence-electron chi connectivity index (χ3n) is 1.75. The van der Waals surface area contributed by atoms with Gasteiger partial charge in [0.25, 0.3) is 0 Å². The van der Waals surface area contributed by atoms with Crippen LogP contribution >= 0.6 is 0 Å². The van der Waals surface area contributed by atoms with Crippen molar-refractivity contribution in [1.29, 1.82) is 0 Å². The maximum atomic E-state index is 11.2. The zero-order valence-corrected chi connectivity index (χ0v) is 8.56. The second-order valence-electron chi connectivity index (χ2n) is 3.30. The van der Waals surface area contributed by atoms with Crippen LogP contribution in [0.3, 0.4) is 0 Å². The van der Waals surface area contributed by atoms with Gasteiger partial charge < -0.3 is 14.2 Å². The van der Waals surface area contributed by atoms with Crippen LogP contribution in [-0.4, -0.2) is 31.7 Å². The van der Waals surface area contributed by atoms with Crippen molar-refractivity contribution >= 4 is 12.9 Å². The molecule has 0 spiro atoms. The number of carbonyl (C=O) groups excluding carboxylic acids is 1. The van der Waals surface area contributed by atoms with Crippen molar-refractivity contribution in [2.24, 2.45) is 4.99 Å². The zero-order chi connectivity index (χ0) is 11.3. The molecule has 5 heteroatoms. The second-order valence-corrected chi connectivity index (χ2v) is 3.30. The molecular formula is C10H13NO4. The van der Waals surface area contributed by atoms with E-state index in [-0.39, 0.29) is 5.88 Å². The van der Waals surface area contributed by atoms with Crippen LogP contribution in [0.25, 0.3) is 0 Å². The quantitative estimate of drug-likeness (QED) is 0.307. The van der Waals surface area contributed by atoms with Crippen molar-refractivity contribution < 1.29 is 19.0 Å². The predicted molar refractivity (Wildman–Crippen MR) is 54.6 cm³/mol. The lowest BCUT2D eigenvalue weighted by molar-refractivity contribution is -0.176. The van der Waals surface area contributed by atoms with Crippen molar-refractivity contribution in [3.05, 3.63) is 24.6 Å². The molecule has 1 heterocycles. The monoisotopic (exact) mass is 211 g/mol. The average molecular weight is 211 g/mol. The Balaban J connectivity index is 2.44. The van der Waals surface area contributed by atoms with Crippen LogP contribution in [-0.2, 0) is 14.2 Å². The maximum Gasteiger partial charge on any atom is 0.515 e. The highest BCUT2D eigenvalue weighted by atomic mass is 16.8. The van der Waals surface area contributed by atoms with E-state index in [9.17, 15) is 4.79 Å². The molecule has 0 bridgehead atoms. The van der Waals surface area contributed by atoms with Crippen molar-refractivity contribution in [3.63, 3.8) is 0 Å². The van der Waals surface area contributed by atoms with Gasteiger partial charge in [-0.25, -0.2) is 9.79 Å². The molecule has 0 unspecified atom stereocenters. The third kappa shape index (κ3) is 3.21. The van der Waals surface area contributed by atoms with Crippen molar-refractivity contribution in [3.8, 4) is 0 Å². The van der Waals surface area contributed by atoms with E-state index in [1.807, 2.05) is 0 Å². The van der Waals surface area contributed by atoms with Crippen LogP contribution in [0.2, 0.25) is 0 Å². The molecule has 0 radical (unpaired) electrons. The van der Waals surface area contributed by atoms with Gasteiger partial charge in [-0.1, -0.05) is 12.7 Å². The number of nitrogens with zero attached hydrogens (tertiary/aromatic N) is 1. The van der Waals surface area contributed by atoms with Crippen LogP contribution in [0.1, 0.15) is 6.92 Å². The maximum absolute atomic E-state index is 11.2. The van der Waals surface area contributed by atoms with Crippen molar-refractivity contribution in [2.45, 2.75) is 12.5 Å². The van der Waals surface area contributed by atoms with Crippen LogP contribution in [0.5, 0.6) is 0 Å². The van der Waals surface area contributed by atoms with E-state index < -0.39 is 11.8 Å². The third-order valence-corrected chi connectivity index (χ3v) is 1.75. The number of ether oxygens (including phenoxy) is 3. The van der Waals surface area contributed by atoms with E-state index in [1.165, 1.54) is 12.2 Å². The molecule has 0 aliphatic carbocycles. The first-order chi connectivity index (χ1) is 7.09. The fourth-order valence-corrected chi connectivity index (χ4v) is 0.976. The summed E-state index contributed by atoms with van der Waals surface area (Å²) in [7, 11) is 0. The van der Waals surface area contributed by atoms with Crippen LogP contribution in [0, 0.1) is 0 Å². The number of carbonyl (C=O) groups is 1. The van der Waals surface area contributed by atoms with Crippen LogP contribution < -0.4 is 0 Å². The number of hydrogen-bond donors (Lipinski definition) is 0. The SMILES string of the molecule is C=C/C=C(\N=C)OC(=O)OC1(C)COC1. The number of allylic oxidation sites excluding steroid dienone is 2. The highest BCUT2D eigenvalue weighted by molar-refractivity contribution is 5.62. The molecule has 1 saturated heterocycles. The summed E-state index contributed by atoms with van der Waals surface area (Å²) >= 11 is 0. The fraction of sp³-hybridized carbons (Fsp3) is 0.400. The van der Waals surface area contributed by atoms with Gasteiger partial charge in [-0.15, -0.1) is 0 Å². The van der Waals surface area contributed by atoms with Crippen molar-refractivity contribution in [2.75, 3.05) is 13.2 Å². The Kier molecular flexibility index (Phi) is 3.62. The van der Waals surface area contributed by atoms with Gasteiger partial charge in [0.2, 0.25) is 5.88 Å². The molecule has 15 heavy (non-hydrogen) atoms. The fourth-order valence-electron chi connectivity index (χ4n) is 0.976. The smallest absolute Gasteiger partial charge is 0.423 e. The molecule has 5 nitrogen and oxygen atoms in total. The van der Waals surface area contributed by atoms with Gasteiger partial charge in [-0.3, -0.25) is 0 Å². The summed E-state index contributed by atoms with van der Waals surface area (Å²) in [4.78, 5) is 14.7. The van der Waals surface area contributed by atoms with Crippen molar-refractivity contribution in [1.82, 2.24) is 0 Å². The Morgan fingerprint density at radius 2 is 2.27 bits per heavy atom. The molecule has 0 aromatic rings. The lowest BCUT2D eigenvalue weighted by Gasteiger charge is -2.36. The van der Waals surface area contributed by atoms with Gasteiger partial charge in [-0.2, -0.15) is 0 Å². The first-order valence-corrected chi connectivity index (χ1v) is 4.38. The molecule has 1 fully saturated rings. The molecule has 0 N–H and O–H groups in total. The van der Waals surface area contributed by atoms with Gasteiger partial charge in [0.1, 0.15) is 0 Å². The molecule has 1 rings (SSSR count). The van der Waals surface area contributed by atoms with Gasteiger partial charge in [0, 0.05) is 6.08 Å². The largest absolute Gasteiger partial charge is 0.515 e. The van der Waals surface area contributed by atoms with E-state index in [4.69, 9.17) is 14.2 Å². The van der Waals surface area contributed by atoms with E-state index in [0.29, 0.717) is 13.2 Å². The Morgan fingerprint density at radius 1 is 1.60 bits per heavy atom. The Labute approximate surface area is 88.0 Å².